The molecule has 0 amide bonds. The van der Waals surface area contributed by atoms with E-state index >= 15 is 4.39 Å². The van der Waals surface area contributed by atoms with Crippen molar-refractivity contribution in [1.29, 1.82) is 0 Å². The van der Waals surface area contributed by atoms with E-state index in [1.807, 2.05) is 0 Å². The van der Waals surface area contributed by atoms with Crippen molar-refractivity contribution in [2.45, 2.75) is 69.4 Å². The Balaban J connectivity index is 1.24. The Kier molecular flexibility index (Phi) is 10.5. The summed E-state index contributed by atoms with van der Waals surface area (Å²) in [7, 11) is -5.24. The van der Waals surface area contributed by atoms with Crippen LogP contribution in [0, 0.1) is 5.92 Å². The number of imidazole rings is 2. The summed E-state index contributed by atoms with van der Waals surface area (Å²) in [5, 5.41) is 11.4. The number of hydrogen-bond acceptors (Lipinski definition) is 20. The first kappa shape index (κ1) is 38.5. The van der Waals surface area contributed by atoms with E-state index < -0.39 is 100 Å². The first-order valence-electron chi connectivity index (χ1n) is 16.0. The van der Waals surface area contributed by atoms with Crippen molar-refractivity contribution < 1.29 is 60.6 Å². The largest absolute Gasteiger partial charge is 0.472 e. The van der Waals surface area contributed by atoms with Crippen LogP contribution in [0.2, 0.25) is 0 Å². The number of phosphoric ester groups is 1. The highest BCUT2D eigenvalue weighted by atomic mass is 32.7. The van der Waals surface area contributed by atoms with Gasteiger partial charge in [-0.3, -0.25) is 51.6 Å². The Morgan fingerprint density at radius 2 is 1.56 bits per heavy atom. The second-order valence-electron chi connectivity index (χ2n) is 12.6. The molecular weight excluding hydrogens is 789 g/mol. The first-order chi connectivity index (χ1) is 25.5. The molecular formula is C26H33FN10O14P2S. The normalized spacial score (nSPS) is 33.4. The summed E-state index contributed by atoms with van der Waals surface area (Å²) < 4.78 is 85.4. The van der Waals surface area contributed by atoms with Crippen LogP contribution in [0.4, 0.5) is 16.3 Å². The SMILES string of the molecule is CC(C)CC(=O)OCSP1(=O)OC[C@H]2O[C@@H](n3cnc4c(=O)[nH]c(N)nc43)C(F)C2OP(=O)(O)OC[C@H]2O[C@@H](n3cnc4c(=O)[nH]c(N)nc43)C(O1)C2O. The number of halogens is 1. The number of alkyl halides is 1. The van der Waals surface area contributed by atoms with E-state index in [0.29, 0.717) is 11.4 Å². The molecule has 3 fully saturated rings. The van der Waals surface area contributed by atoms with E-state index in [4.69, 9.17) is 43.8 Å². The molecule has 28 heteroatoms. The number of carbonyl (C=O) groups excluding carboxylic acids is 1. The summed E-state index contributed by atoms with van der Waals surface area (Å²) in [5.41, 5.74) is 9.20. The maximum absolute atomic E-state index is 16.3. The minimum Gasteiger partial charge on any atom is -0.454 e. The van der Waals surface area contributed by atoms with Crippen molar-refractivity contribution in [1.82, 2.24) is 39.0 Å². The summed E-state index contributed by atoms with van der Waals surface area (Å²) in [6.07, 6.45) is -12.0. The van der Waals surface area contributed by atoms with E-state index in [0.717, 1.165) is 21.8 Å². The Morgan fingerprint density at radius 3 is 2.17 bits per heavy atom. The van der Waals surface area contributed by atoms with Crippen molar-refractivity contribution in [3.05, 3.63) is 33.4 Å². The predicted molar refractivity (Wildman–Crippen MR) is 181 cm³/mol. The number of nitrogens with zero attached hydrogens (tertiary/aromatic N) is 6. The molecule has 0 radical (unpaired) electrons. The van der Waals surface area contributed by atoms with Crippen LogP contribution in [-0.4, -0.2) is 111 Å². The predicted octanol–water partition coefficient (Wildman–Crippen LogP) is 0.217. The lowest BCUT2D eigenvalue weighted by Crippen LogP contribution is -2.35. The number of carbonyl (C=O) groups is 1. The maximum atomic E-state index is 16.3. The van der Waals surface area contributed by atoms with Gasteiger partial charge in [-0.2, -0.15) is 9.97 Å². The zero-order chi connectivity index (χ0) is 38.7. The third-order valence-corrected chi connectivity index (χ3v) is 12.7. The van der Waals surface area contributed by atoms with Crippen LogP contribution in [0.1, 0.15) is 32.7 Å². The highest BCUT2D eigenvalue weighted by Gasteiger charge is 2.55. The standard InChI is InChI=1S/C26H33FN10O14P2S/c1-9(2)3-12(38)45-8-54-53(44)47-5-11-17(13(27)23(49-11)36-6-30-14-19(36)32-25(28)34-21(14)40)50-52(42,43)46-4-10-16(39)18(51-53)24(48-10)37-7-31-15-20(37)33-26(29)35-22(15)41/h6-7,9-11,13,16-18,23-24,39H,3-5,8H2,1-2H3,(H,42,43)(H3,28,32,34,40)(H3,29,33,35,41)/t10-,11-,13?,16?,17?,18?,23-,24-,53?/m1/s1. The maximum Gasteiger partial charge on any atom is 0.472 e. The molecule has 7 rings (SSSR count). The second-order valence-corrected chi connectivity index (χ2v) is 18.0. The fraction of sp³-hybridized carbons (Fsp3) is 0.577. The molecule has 0 aromatic carbocycles. The van der Waals surface area contributed by atoms with Gasteiger partial charge < -0.3 is 35.7 Å². The number of nitrogen functional groups attached to an aromatic ring is 2. The van der Waals surface area contributed by atoms with E-state index in [1.54, 1.807) is 13.8 Å². The van der Waals surface area contributed by atoms with Gasteiger partial charge in [0.25, 0.3) is 11.1 Å². The summed E-state index contributed by atoms with van der Waals surface area (Å²) in [4.78, 5) is 68.5. The van der Waals surface area contributed by atoms with Gasteiger partial charge in [0.1, 0.15) is 36.5 Å². The van der Waals surface area contributed by atoms with Gasteiger partial charge in [-0.15, -0.1) is 0 Å². The molecule has 2 bridgehead atoms. The average Bonchev–Trinajstić information content (AvgIpc) is 3.84. The number of aromatic nitrogens is 8. The first-order valence-corrected chi connectivity index (χ1v) is 20.6. The number of nitrogens with one attached hydrogen (secondary N) is 2. The second kappa shape index (κ2) is 14.7. The Morgan fingerprint density at radius 1 is 0.981 bits per heavy atom. The number of H-pyrrole nitrogens is 2. The molecule has 8 N–H and O–H groups in total. The van der Waals surface area contributed by atoms with Crippen LogP contribution in [0.15, 0.2) is 22.2 Å². The Labute approximate surface area is 304 Å². The number of ether oxygens (including phenoxy) is 3. The lowest BCUT2D eigenvalue weighted by atomic mass is 10.1. The van der Waals surface area contributed by atoms with Crippen LogP contribution < -0.4 is 22.6 Å². The molecule has 0 aliphatic carbocycles. The van der Waals surface area contributed by atoms with Gasteiger partial charge in [-0.1, -0.05) is 13.8 Å². The lowest BCUT2D eigenvalue weighted by molar-refractivity contribution is -0.142. The van der Waals surface area contributed by atoms with Crippen LogP contribution in [0.25, 0.3) is 22.3 Å². The van der Waals surface area contributed by atoms with E-state index in [-0.39, 0.29) is 46.6 Å². The summed E-state index contributed by atoms with van der Waals surface area (Å²) in [6, 6.07) is 0. The smallest absolute Gasteiger partial charge is 0.454 e. The number of rotatable bonds is 7. The van der Waals surface area contributed by atoms with E-state index in [2.05, 4.69) is 29.9 Å². The van der Waals surface area contributed by atoms with Gasteiger partial charge in [0.15, 0.2) is 41.0 Å². The fourth-order valence-electron chi connectivity index (χ4n) is 5.94. The molecule has 54 heavy (non-hydrogen) atoms. The third kappa shape index (κ3) is 7.55. The lowest BCUT2D eigenvalue weighted by Gasteiger charge is -2.27. The van der Waals surface area contributed by atoms with Crippen molar-refractivity contribution in [2.24, 2.45) is 5.92 Å². The minimum absolute atomic E-state index is 0.0270. The fourth-order valence-corrected chi connectivity index (χ4v) is 9.70. The Bertz CT molecular complexity index is 2290. The van der Waals surface area contributed by atoms with Crippen molar-refractivity contribution in [2.75, 3.05) is 30.6 Å². The summed E-state index contributed by atoms with van der Waals surface area (Å²) >= 11 is 0.380. The molecule has 7 heterocycles. The summed E-state index contributed by atoms with van der Waals surface area (Å²) in [6.45, 7) is -2.86. The molecule has 6 unspecified atom stereocenters. The molecule has 4 aromatic rings. The van der Waals surface area contributed by atoms with Crippen molar-refractivity contribution >= 4 is 66.2 Å². The number of aliphatic hydroxyl groups is 1. The number of hydrogen-bond donors (Lipinski definition) is 6. The minimum atomic E-state index is -5.24. The van der Waals surface area contributed by atoms with Gasteiger partial charge in [0.2, 0.25) is 11.9 Å². The molecule has 294 valence electrons. The van der Waals surface area contributed by atoms with Crippen molar-refractivity contribution in [3.8, 4) is 0 Å². The highest BCUT2D eigenvalue weighted by Crippen LogP contribution is 2.64. The van der Waals surface area contributed by atoms with Crippen molar-refractivity contribution in [3.63, 3.8) is 0 Å². The number of aromatic amines is 2. The average molecular weight is 823 g/mol. The zero-order valence-electron chi connectivity index (χ0n) is 28.0. The Hall–Kier alpha value is -3.81. The highest BCUT2D eigenvalue weighted by molar-refractivity contribution is 8.55. The van der Waals surface area contributed by atoms with Crippen LogP contribution in [0.5, 0.6) is 0 Å². The molecule has 3 saturated heterocycles. The number of nitrogens with two attached hydrogens (primary N) is 2. The number of aliphatic hydroxyl groups excluding tert-OH is 1. The molecule has 24 nitrogen and oxygen atoms in total. The van der Waals surface area contributed by atoms with Gasteiger partial charge in [-0.05, 0) is 5.92 Å². The molecule has 0 spiro atoms. The number of fused-ring (bicyclic) bond motifs is 5. The van der Waals surface area contributed by atoms with Gasteiger partial charge in [-0.25, -0.2) is 23.5 Å². The molecule has 3 aliphatic heterocycles. The van der Waals surface area contributed by atoms with Gasteiger partial charge in [0, 0.05) is 17.8 Å². The molecule has 10 atom stereocenters. The number of anilines is 2. The summed E-state index contributed by atoms with van der Waals surface area (Å²) in [5.74, 6) is -1.92. The van der Waals surface area contributed by atoms with E-state index in [1.165, 1.54) is 0 Å². The topological polar surface area (TPSA) is 335 Å². The van der Waals surface area contributed by atoms with Crippen LogP contribution >= 0.6 is 26.0 Å². The number of phosphoric acid groups is 1. The molecule has 4 aromatic heterocycles. The van der Waals surface area contributed by atoms with Gasteiger partial charge in [0.05, 0.1) is 25.9 Å². The van der Waals surface area contributed by atoms with Crippen LogP contribution in [-0.2, 0) is 46.2 Å². The molecule has 0 saturated carbocycles. The third-order valence-electron chi connectivity index (χ3n) is 8.34. The van der Waals surface area contributed by atoms with Gasteiger partial charge >= 0.3 is 20.6 Å². The monoisotopic (exact) mass is 822 g/mol. The van der Waals surface area contributed by atoms with E-state index in [9.17, 15) is 33.5 Å². The number of esters is 1. The quantitative estimate of drug-likeness (QED) is 0.0824. The van der Waals surface area contributed by atoms with Crippen LogP contribution in [0.3, 0.4) is 0 Å². The zero-order valence-corrected chi connectivity index (χ0v) is 30.6. The molecule has 3 aliphatic rings.